The third kappa shape index (κ3) is 5.65. The maximum Gasteiger partial charge on any atom is 0.295 e. The third-order valence-electron chi connectivity index (χ3n) is 5.49. The molecule has 0 unspecified atom stereocenters. The van der Waals surface area contributed by atoms with E-state index in [9.17, 15) is 14.7 Å². The molecule has 0 radical (unpaired) electrons. The Morgan fingerprint density at radius 1 is 1.15 bits per heavy atom. The monoisotopic (exact) mass is 515 g/mol. The number of benzene rings is 2. The van der Waals surface area contributed by atoms with Crippen molar-refractivity contribution in [3.63, 3.8) is 0 Å². The standard InChI is InChI=1S/C26H30BrNO5/c1-16(2)15-33-21-11-8-19(14-17(21)3)24(29)22-23(18-6-9-20(27)10-7-18)28(12-5-13-32-4)26(31)25(22)30/h6-11,14,16,23,29H,5,12-13,15H2,1-4H3/b24-22+/t23-/m0/s1. The Balaban J connectivity index is 2.04. The highest BCUT2D eigenvalue weighted by molar-refractivity contribution is 9.10. The highest BCUT2D eigenvalue weighted by Crippen LogP contribution is 2.40. The number of likely N-dealkylation sites (tertiary alicyclic amines) is 1. The van der Waals surface area contributed by atoms with Gasteiger partial charge in [0.15, 0.2) is 0 Å². The highest BCUT2D eigenvalue weighted by atomic mass is 79.9. The molecule has 6 nitrogen and oxygen atoms in total. The smallest absolute Gasteiger partial charge is 0.295 e. The third-order valence-corrected chi connectivity index (χ3v) is 6.02. The molecule has 1 aliphatic rings. The molecule has 0 aliphatic carbocycles. The second-order valence-electron chi connectivity index (χ2n) is 8.58. The Morgan fingerprint density at radius 2 is 1.85 bits per heavy atom. The Labute approximate surface area is 203 Å². The summed E-state index contributed by atoms with van der Waals surface area (Å²) in [5, 5.41) is 11.2. The fourth-order valence-corrected chi connectivity index (χ4v) is 4.12. The van der Waals surface area contributed by atoms with Crippen LogP contribution >= 0.6 is 15.9 Å². The molecule has 3 rings (SSSR count). The van der Waals surface area contributed by atoms with Crippen molar-refractivity contribution in [2.24, 2.45) is 5.92 Å². The number of hydrogen-bond acceptors (Lipinski definition) is 5. The van der Waals surface area contributed by atoms with Gasteiger partial charge in [-0.3, -0.25) is 9.59 Å². The molecule has 0 spiro atoms. The van der Waals surface area contributed by atoms with Crippen molar-refractivity contribution in [1.82, 2.24) is 4.90 Å². The summed E-state index contributed by atoms with van der Waals surface area (Å²) in [5.74, 6) is -0.374. The van der Waals surface area contributed by atoms with Gasteiger partial charge in [0.05, 0.1) is 18.2 Å². The first-order valence-electron chi connectivity index (χ1n) is 11.0. The van der Waals surface area contributed by atoms with E-state index in [4.69, 9.17) is 9.47 Å². The van der Waals surface area contributed by atoms with Crippen LogP contribution in [0.2, 0.25) is 0 Å². The van der Waals surface area contributed by atoms with Crippen LogP contribution in [0.15, 0.2) is 52.5 Å². The van der Waals surface area contributed by atoms with Gasteiger partial charge < -0.3 is 19.5 Å². The van der Waals surface area contributed by atoms with Crippen molar-refractivity contribution < 1.29 is 24.2 Å². The normalized spacial score (nSPS) is 17.8. The van der Waals surface area contributed by atoms with E-state index in [-0.39, 0.29) is 11.3 Å². The molecule has 0 saturated carbocycles. The number of rotatable bonds is 9. The number of ketones is 1. The van der Waals surface area contributed by atoms with Crippen LogP contribution in [-0.2, 0) is 14.3 Å². The van der Waals surface area contributed by atoms with Crippen LogP contribution in [-0.4, -0.2) is 48.6 Å². The number of nitrogens with zero attached hydrogens (tertiary/aromatic N) is 1. The lowest BCUT2D eigenvalue weighted by atomic mass is 9.95. The predicted molar refractivity (Wildman–Crippen MR) is 131 cm³/mol. The summed E-state index contributed by atoms with van der Waals surface area (Å²) in [7, 11) is 1.59. The number of carbonyl (C=O) groups is 2. The van der Waals surface area contributed by atoms with E-state index in [1.54, 1.807) is 25.3 Å². The zero-order valence-corrected chi connectivity index (χ0v) is 21.0. The van der Waals surface area contributed by atoms with E-state index < -0.39 is 17.7 Å². The minimum atomic E-state index is -0.685. The zero-order chi connectivity index (χ0) is 24.1. The number of hydrogen-bond donors (Lipinski definition) is 1. The Morgan fingerprint density at radius 3 is 2.45 bits per heavy atom. The van der Waals surface area contributed by atoms with Crippen molar-refractivity contribution in [3.8, 4) is 5.75 Å². The van der Waals surface area contributed by atoms with Gasteiger partial charge in [-0.15, -0.1) is 0 Å². The van der Waals surface area contributed by atoms with Crippen molar-refractivity contribution >= 4 is 33.4 Å². The predicted octanol–water partition coefficient (Wildman–Crippen LogP) is 5.25. The topological polar surface area (TPSA) is 76.1 Å². The number of Topliss-reactive ketones (excluding diaryl/α,β-unsaturated/α-hetero) is 1. The Hall–Kier alpha value is -2.64. The van der Waals surface area contributed by atoms with Gasteiger partial charge in [-0.1, -0.05) is 41.9 Å². The number of methoxy groups -OCH3 is 1. The summed E-state index contributed by atoms with van der Waals surface area (Å²) in [6.07, 6.45) is 0.581. The molecule has 7 heteroatoms. The van der Waals surface area contributed by atoms with Crippen molar-refractivity contribution in [2.75, 3.05) is 26.9 Å². The number of aliphatic hydroxyl groups is 1. The summed E-state index contributed by atoms with van der Waals surface area (Å²) >= 11 is 3.42. The first-order chi connectivity index (χ1) is 15.7. The van der Waals surface area contributed by atoms with E-state index >= 15 is 0 Å². The minimum Gasteiger partial charge on any atom is -0.507 e. The van der Waals surface area contributed by atoms with Gasteiger partial charge >= 0.3 is 0 Å². The first kappa shape index (κ1) is 25.0. The molecule has 1 heterocycles. The number of amides is 1. The fraction of sp³-hybridized carbons (Fsp3) is 0.385. The fourth-order valence-electron chi connectivity index (χ4n) is 3.85. The van der Waals surface area contributed by atoms with Crippen LogP contribution in [0.4, 0.5) is 0 Å². The number of carbonyl (C=O) groups excluding carboxylic acids is 2. The van der Waals surface area contributed by atoms with Gasteiger partial charge in [-0.25, -0.2) is 0 Å². The van der Waals surface area contributed by atoms with E-state index in [1.165, 1.54) is 4.90 Å². The molecule has 1 N–H and O–H groups in total. The minimum absolute atomic E-state index is 0.0926. The molecule has 0 bridgehead atoms. The molecule has 1 aliphatic heterocycles. The van der Waals surface area contributed by atoms with Crippen LogP contribution < -0.4 is 4.74 Å². The Kier molecular flexibility index (Phi) is 8.32. The zero-order valence-electron chi connectivity index (χ0n) is 19.4. The van der Waals surface area contributed by atoms with E-state index in [1.807, 2.05) is 31.2 Å². The average Bonchev–Trinajstić information content (AvgIpc) is 3.03. The van der Waals surface area contributed by atoms with Crippen molar-refractivity contribution in [1.29, 1.82) is 0 Å². The van der Waals surface area contributed by atoms with Gasteiger partial charge in [0.1, 0.15) is 11.5 Å². The van der Waals surface area contributed by atoms with Crippen LogP contribution in [0, 0.1) is 12.8 Å². The molecule has 1 amide bonds. The SMILES string of the molecule is COCCCN1C(=O)C(=O)/C(=C(/O)c2ccc(OCC(C)C)c(C)c2)[C@@H]1c1ccc(Br)cc1. The van der Waals surface area contributed by atoms with E-state index in [0.29, 0.717) is 37.7 Å². The maximum atomic E-state index is 13.1. The highest BCUT2D eigenvalue weighted by Gasteiger charge is 2.45. The summed E-state index contributed by atoms with van der Waals surface area (Å²) in [4.78, 5) is 27.5. The lowest BCUT2D eigenvalue weighted by Gasteiger charge is -2.25. The molecule has 0 aromatic heterocycles. The maximum absolute atomic E-state index is 13.1. The van der Waals surface area contributed by atoms with Gasteiger partial charge in [0, 0.05) is 30.3 Å². The van der Waals surface area contributed by atoms with Gasteiger partial charge in [-0.05, 0) is 60.7 Å². The van der Waals surface area contributed by atoms with Gasteiger partial charge in [0.25, 0.3) is 11.7 Å². The summed E-state index contributed by atoms with van der Waals surface area (Å²) in [6, 6.07) is 12.0. The summed E-state index contributed by atoms with van der Waals surface area (Å²) < 4.78 is 11.8. The molecule has 176 valence electrons. The lowest BCUT2D eigenvalue weighted by Crippen LogP contribution is -2.31. The molecular weight excluding hydrogens is 486 g/mol. The molecule has 1 saturated heterocycles. The molecule has 1 atom stereocenters. The van der Waals surface area contributed by atoms with Crippen LogP contribution in [0.5, 0.6) is 5.75 Å². The average molecular weight is 516 g/mol. The second-order valence-corrected chi connectivity index (χ2v) is 9.49. The second kappa shape index (κ2) is 11.0. The Bertz CT molecular complexity index is 1050. The summed E-state index contributed by atoms with van der Waals surface area (Å²) in [5.41, 5.74) is 2.16. The van der Waals surface area contributed by atoms with E-state index in [2.05, 4.69) is 29.8 Å². The van der Waals surface area contributed by atoms with Crippen molar-refractivity contribution in [2.45, 2.75) is 33.2 Å². The summed E-state index contributed by atoms with van der Waals surface area (Å²) in [6.45, 7) is 7.43. The lowest BCUT2D eigenvalue weighted by molar-refractivity contribution is -0.140. The molecular formula is C26H30BrNO5. The molecule has 2 aromatic rings. The molecule has 1 fully saturated rings. The first-order valence-corrected chi connectivity index (χ1v) is 11.8. The van der Waals surface area contributed by atoms with E-state index in [0.717, 1.165) is 21.3 Å². The largest absolute Gasteiger partial charge is 0.507 e. The number of aliphatic hydroxyl groups excluding tert-OH is 1. The van der Waals surface area contributed by atoms with Crippen LogP contribution in [0.1, 0.15) is 43.0 Å². The van der Waals surface area contributed by atoms with Gasteiger partial charge in [0.2, 0.25) is 0 Å². The quantitative estimate of drug-likeness (QED) is 0.213. The molecule has 33 heavy (non-hydrogen) atoms. The number of aryl methyl sites for hydroxylation is 1. The van der Waals surface area contributed by atoms with Crippen LogP contribution in [0.3, 0.4) is 0 Å². The number of ether oxygens (including phenoxy) is 2. The van der Waals surface area contributed by atoms with Crippen LogP contribution in [0.25, 0.3) is 5.76 Å². The molecule has 2 aromatic carbocycles. The number of halogens is 1. The van der Waals surface area contributed by atoms with Crippen molar-refractivity contribution in [3.05, 3.63) is 69.2 Å². The van der Waals surface area contributed by atoms with Gasteiger partial charge in [-0.2, -0.15) is 0 Å².